The van der Waals surface area contributed by atoms with Gasteiger partial charge >= 0.3 is 0 Å². The Kier molecular flexibility index (Phi) is 3.76. The van der Waals surface area contributed by atoms with Crippen LogP contribution in [0.3, 0.4) is 0 Å². The molecule has 1 saturated heterocycles. The molecule has 0 saturated carbocycles. The van der Waals surface area contributed by atoms with Crippen LogP contribution in [0.1, 0.15) is 24.5 Å². The number of hydrogen-bond acceptors (Lipinski definition) is 3. The number of piperazine rings is 1. The highest BCUT2D eigenvalue weighted by molar-refractivity contribution is 5.61. The van der Waals surface area contributed by atoms with E-state index in [9.17, 15) is 0 Å². The first-order chi connectivity index (χ1) is 9.28. The van der Waals surface area contributed by atoms with Crippen molar-refractivity contribution in [3.63, 3.8) is 0 Å². The Morgan fingerprint density at radius 2 is 2.21 bits per heavy atom. The lowest BCUT2D eigenvalue weighted by Crippen LogP contribution is -2.50. The molecule has 2 aliphatic rings. The highest BCUT2D eigenvalue weighted by atomic mass is 15.3. The minimum Gasteiger partial charge on any atom is -0.384 e. The van der Waals surface area contributed by atoms with Crippen LogP contribution in [0.2, 0.25) is 0 Å². The molecule has 1 atom stereocenters. The van der Waals surface area contributed by atoms with Crippen LogP contribution in [0.5, 0.6) is 0 Å². The van der Waals surface area contributed by atoms with Crippen LogP contribution in [0.4, 0.5) is 5.69 Å². The first-order valence-electron chi connectivity index (χ1n) is 7.55. The first-order valence-corrected chi connectivity index (χ1v) is 7.55. The fourth-order valence-electron chi connectivity index (χ4n) is 3.38. The minimum atomic E-state index is 0.721. The number of fused-ring (bicyclic) bond motifs is 1. The van der Waals surface area contributed by atoms with E-state index in [0.29, 0.717) is 0 Å². The molecule has 2 heterocycles. The summed E-state index contributed by atoms with van der Waals surface area (Å²) in [4.78, 5) is 5.12. The molecule has 0 amide bonds. The Morgan fingerprint density at radius 3 is 3.05 bits per heavy atom. The normalized spacial score (nSPS) is 24.2. The van der Waals surface area contributed by atoms with Crippen molar-refractivity contribution < 1.29 is 0 Å². The fraction of sp³-hybridized carbons (Fsp3) is 0.625. The Hall–Kier alpha value is -1.06. The number of rotatable bonds is 3. The van der Waals surface area contributed by atoms with Gasteiger partial charge < -0.3 is 10.2 Å². The maximum atomic E-state index is 3.56. The third-order valence-electron chi connectivity index (χ3n) is 4.66. The standard InChI is InChI=1S/C16H25N3/c1-3-15-12-19(10-9-18(15)2)11-14-6-4-5-13-7-8-17-16(13)14/h4-6,15,17H,3,7-12H2,1-2H3. The smallest absolute Gasteiger partial charge is 0.0419 e. The summed E-state index contributed by atoms with van der Waals surface area (Å²) in [6, 6.07) is 7.49. The van der Waals surface area contributed by atoms with Crippen molar-refractivity contribution in [1.82, 2.24) is 9.80 Å². The molecule has 0 aliphatic carbocycles. The molecule has 3 rings (SSSR count). The Morgan fingerprint density at radius 1 is 1.32 bits per heavy atom. The van der Waals surface area contributed by atoms with Crippen molar-refractivity contribution in [3.05, 3.63) is 29.3 Å². The van der Waals surface area contributed by atoms with Crippen molar-refractivity contribution >= 4 is 5.69 Å². The molecule has 1 N–H and O–H groups in total. The van der Waals surface area contributed by atoms with Gasteiger partial charge in [-0.05, 0) is 31.0 Å². The van der Waals surface area contributed by atoms with Crippen molar-refractivity contribution in [1.29, 1.82) is 0 Å². The minimum absolute atomic E-state index is 0.721. The summed E-state index contributed by atoms with van der Waals surface area (Å²) < 4.78 is 0. The zero-order chi connectivity index (χ0) is 13.2. The number of nitrogens with one attached hydrogen (secondary N) is 1. The van der Waals surface area contributed by atoms with Gasteiger partial charge in [0, 0.05) is 44.5 Å². The van der Waals surface area contributed by atoms with E-state index in [2.05, 4.69) is 47.3 Å². The van der Waals surface area contributed by atoms with Crippen molar-refractivity contribution in [3.8, 4) is 0 Å². The molecule has 104 valence electrons. The van der Waals surface area contributed by atoms with Crippen LogP contribution in [0.15, 0.2) is 18.2 Å². The molecular weight excluding hydrogens is 234 g/mol. The lowest BCUT2D eigenvalue weighted by Gasteiger charge is -2.39. The van der Waals surface area contributed by atoms with Crippen LogP contribution < -0.4 is 5.32 Å². The summed E-state index contributed by atoms with van der Waals surface area (Å²) in [6.07, 6.45) is 2.43. The third kappa shape index (κ3) is 2.63. The lowest BCUT2D eigenvalue weighted by molar-refractivity contribution is 0.0885. The van der Waals surface area contributed by atoms with Gasteiger partial charge in [-0.3, -0.25) is 4.90 Å². The van der Waals surface area contributed by atoms with Gasteiger partial charge in [-0.25, -0.2) is 0 Å². The molecule has 1 fully saturated rings. The zero-order valence-corrected chi connectivity index (χ0v) is 12.2. The second kappa shape index (κ2) is 5.51. The number of likely N-dealkylation sites (N-methyl/N-ethyl adjacent to an activating group) is 1. The number of benzene rings is 1. The van der Waals surface area contributed by atoms with E-state index in [4.69, 9.17) is 0 Å². The summed E-state index contributed by atoms with van der Waals surface area (Å²) in [5.41, 5.74) is 4.39. The van der Waals surface area contributed by atoms with E-state index in [1.807, 2.05) is 0 Å². The van der Waals surface area contributed by atoms with Gasteiger partial charge in [0.2, 0.25) is 0 Å². The zero-order valence-electron chi connectivity index (χ0n) is 12.2. The molecule has 3 heteroatoms. The van der Waals surface area contributed by atoms with Gasteiger partial charge in [0.1, 0.15) is 0 Å². The van der Waals surface area contributed by atoms with Crippen molar-refractivity contribution in [2.45, 2.75) is 32.4 Å². The quantitative estimate of drug-likeness (QED) is 0.897. The predicted molar refractivity (Wildman–Crippen MR) is 80.6 cm³/mol. The van der Waals surface area contributed by atoms with Gasteiger partial charge in [-0.15, -0.1) is 0 Å². The number of hydrogen-bond donors (Lipinski definition) is 1. The van der Waals surface area contributed by atoms with Gasteiger partial charge in [-0.1, -0.05) is 25.1 Å². The van der Waals surface area contributed by atoms with Crippen LogP contribution in [0.25, 0.3) is 0 Å². The summed E-state index contributed by atoms with van der Waals surface area (Å²) in [6.45, 7) is 8.09. The highest BCUT2D eigenvalue weighted by Crippen LogP contribution is 2.28. The van der Waals surface area contributed by atoms with Crippen molar-refractivity contribution in [2.24, 2.45) is 0 Å². The van der Waals surface area contributed by atoms with Crippen LogP contribution in [0, 0.1) is 0 Å². The summed E-state index contributed by atoms with van der Waals surface area (Å²) in [5.74, 6) is 0. The number of nitrogens with zero attached hydrogens (tertiary/aromatic N) is 2. The predicted octanol–water partition coefficient (Wildman–Crippen LogP) is 2.18. The van der Waals surface area contributed by atoms with Crippen LogP contribution in [-0.4, -0.2) is 49.1 Å². The monoisotopic (exact) mass is 259 g/mol. The molecule has 1 unspecified atom stereocenters. The molecule has 0 spiro atoms. The summed E-state index contributed by atoms with van der Waals surface area (Å²) in [7, 11) is 2.26. The Balaban J connectivity index is 1.70. The molecule has 1 aromatic rings. The average Bonchev–Trinajstić information content (AvgIpc) is 2.90. The maximum Gasteiger partial charge on any atom is 0.0419 e. The second-order valence-corrected chi connectivity index (χ2v) is 5.91. The maximum absolute atomic E-state index is 3.56. The molecule has 2 aliphatic heterocycles. The molecule has 0 bridgehead atoms. The topological polar surface area (TPSA) is 18.5 Å². The summed E-state index contributed by atoms with van der Waals surface area (Å²) >= 11 is 0. The summed E-state index contributed by atoms with van der Waals surface area (Å²) in [5, 5.41) is 3.56. The van der Waals surface area contributed by atoms with Gasteiger partial charge in [-0.2, -0.15) is 0 Å². The Bertz CT molecular complexity index is 444. The van der Waals surface area contributed by atoms with Crippen molar-refractivity contribution in [2.75, 3.05) is 38.5 Å². The molecule has 0 radical (unpaired) electrons. The Labute approximate surface area is 116 Å². The van der Waals surface area contributed by atoms with E-state index >= 15 is 0 Å². The number of para-hydroxylation sites is 1. The molecular formula is C16H25N3. The van der Waals surface area contributed by atoms with E-state index in [0.717, 1.165) is 19.1 Å². The van der Waals surface area contributed by atoms with E-state index < -0.39 is 0 Å². The largest absolute Gasteiger partial charge is 0.384 e. The third-order valence-corrected chi connectivity index (χ3v) is 4.66. The van der Waals surface area contributed by atoms with Gasteiger partial charge in [0.25, 0.3) is 0 Å². The average molecular weight is 259 g/mol. The SMILES string of the molecule is CCC1CN(Cc2cccc3c2NCC3)CCN1C. The second-order valence-electron chi connectivity index (χ2n) is 5.91. The molecule has 19 heavy (non-hydrogen) atoms. The van der Waals surface area contributed by atoms with Gasteiger partial charge in [0.15, 0.2) is 0 Å². The highest BCUT2D eigenvalue weighted by Gasteiger charge is 2.24. The first kappa shape index (κ1) is 12.9. The van der Waals surface area contributed by atoms with E-state index in [1.165, 1.54) is 49.3 Å². The molecule has 0 aromatic heterocycles. The fourth-order valence-corrected chi connectivity index (χ4v) is 3.38. The van der Waals surface area contributed by atoms with Crippen LogP contribution in [-0.2, 0) is 13.0 Å². The molecule has 3 nitrogen and oxygen atoms in total. The van der Waals surface area contributed by atoms with Gasteiger partial charge in [0.05, 0.1) is 0 Å². The van der Waals surface area contributed by atoms with E-state index in [1.54, 1.807) is 0 Å². The van der Waals surface area contributed by atoms with Crippen LogP contribution >= 0.6 is 0 Å². The lowest BCUT2D eigenvalue weighted by atomic mass is 10.1. The van der Waals surface area contributed by atoms with E-state index in [-0.39, 0.29) is 0 Å². The number of anilines is 1. The molecule has 1 aromatic carbocycles.